The summed E-state index contributed by atoms with van der Waals surface area (Å²) in [6.07, 6.45) is 0.0691. The number of carboxylic acids is 1. The summed E-state index contributed by atoms with van der Waals surface area (Å²) in [6, 6.07) is 0.745. The molecule has 1 rings (SSSR count). The predicted molar refractivity (Wildman–Crippen MR) is 64.7 cm³/mol. The van der Waals surface area contributed by atoms with Gasteiger partial charge >= 0.3 is 5.97 Å². The average Bonchev–Trinajstić information content (AvgIpc) is 2.22. The minimum absolute atomic E-state index is 0.00843. The molecule has 0 amide bonds. The van der Waals surface area contributed by atoms with Crippen molar-refractivity contribution in [3.05, 3.63) is 39.5 Å². The maximum Gasteiger partial charge on any atom is 0.339 e. The maximum absolute atomic E-state index is 10.9. The first-order chi connectivity index (χ1) is 8.25. The van der Waals surface area contributed by atoms with Crippen LogP contribution in [0.4, 0.5) is 11.4 Å². The fourth-order valence-electron chi connectivity index (χ4n) is 1.52. The van der Waals surface area contributed by atoms with Gasteiger partial charge in [-0.2, -0.15) is 0 Å². The van der Waals surface area contributed by atoms with Gasteiger partial charge in [0.1, 0.15) is 17.0 Å². The van der Waals surface area contributed by atoms with E-state index in [1.165, 1.54) is 0 Å². The summed E-state index contributed by atoms with van der Waals surface area (Å²) >= 11 is 0. The molecule has 18 heavy (non-hydrogen) atoms. The molecule has 7 nitrogen and oxygen atoms in total. The molecule has 0 heterocycles. The van der Waals surface area contributed by atoms with E-state index in [2.05, 4.69) is 6.58 Å². The van der Waals surface area contributed by atoms with Crippen molar-refractivity contribution in [1.29, 1.82) is 0 Å². The van der Waals surface area contributed by atoms with Crippen LogP contribution in [0.2, 0.25) is 0 Å². The average molecular weight is 252 g/mol. The smallest absolute Gasteiger partial charge is 0.339 e. The molecule has 0 saturated heterocycles. The second-order valence-electron chi connectivity index (χ2n) is 3.88. The number of carbonyl (C=O) groups is 1. The van der Waals surface area contributed by atoms with Crippen molar-refractivity contribution in [2.45, 2.75) is 13.3 Å². The summed E-state index contributed by atoms with van der Waals surface area (Å²) in [4.78, 5) is 20.9. The molecule has 0 aliphatic rings. The van der Waals surface area contributed by atoms with Crippen molar-refractivity contribution in [2.75, 3.05) is 5.73 Å². The summed E-state index contributed by atoms with van der Waals surface area (Å²) in [7, 11) is 0. The first kappa shape index (κ1) is 13.5. The van der Waals surface area contributed by atoms with Gasteiger partial charge < -0.3 is 15.9 Å². The highest BCUT2D eigenvalue weighted by atomic mass is 16.6. The molecule has 1 aromatic rings. The first-order valence-corrected chi connectivity index (χ1v) is 4.92. The normalized spacial score (nSPS) is 10.1. The van der Waals surface area contributed by atoms with Crippen LogP contribution in [-0.4, -0.2) is 21.1 Å². The molecule has 0 fully saturated rings. The Morgan fingerprint density at radius 3 is 2.56 bits per heavy atom. The zero-order chi connectivity index (χ0) is 14.0. The Hall–Kier alpha value is -2.57. The van der Waals surface area contributed by atoms with Gasteiger partial charge in [0.2, 0.25) is 0 Å². The Kier molecular flexibility index (Phi) is 3.55. The number of anilines is 1. The SMILES string of the molecule is C=C(C)Cc1c(N)c([N+](=O)[O-])cc(C(=O)O)c1O. The summed E-state index contributed by atoms with van der Waals surface area (Å²) in [5.41, 5.74) is 4.83. The van der Waals surface area contributed by atoms with Crippen molar-refractivity contribution in [3.8, 4) is 5.75 Å². The van der Waals surface area contributed by atoms with Crippen LogP contribution in [0.15, 0.2) is 18.2 Å². The number of carboxylic acid groups (broad SMARTS) is 1. The van der Waals surface area contributed by atoms with E-state index in [9.17, 15) is 20.0 Å². The molecule has 96 valence electrons. The zero-order valence-corrected chi connectivity index (χ0v) is 9.64. The van der Waals surface area contributed by atoms with Crippen LogP contribution in [0.1, 0.15) is 22.8 Å². The number of allylic oxidation sites excluding steroid dienone is 1. The Morgan fingerprint density at radius 2 is 2.17 bits per heavy atom. The number of hydrogen-bond donors (Lipinski definition) is 3. The lowest BCUT2D eigenvalue weighted by Gasteiger charge is -2.11. The number of nitro benzene ring substituents is 1. The third-order valence-electron chi connectivity index (χ3n) is 2.33. The largest absolute Gasteiger partial charge is 0.507 e. The van der Waals surface area contributed by atoms with Crippen molar-refractivity contribution < 1.29 is 19.9 Å². The molecule has 1 aromatic carbocycles. The maximum atomic E-state index is 10.9. The van der Waals surface area contributed by atoms with Gasteiger partial charge in [0.15, 0.2) is 0 Å². The van der Waals surface area contributed by atoms with Crippen LogP contribution >= 0.6 is 0 Å². The summed E-state index contributed by atoms with van der Waals surface area (Å²) in [6.45, 7) is 5.23. The number of benzene rings is 1. The highest BCUT2D eigenvalue weighted by Gasteiger charge is 2.25. The van der Waals surface area contributed by atoms with Gasteiger partial charge in [-0.25, -0.2) is 4.79 Å². The number of aromatic hydroxyl groups is 1. The van der Waals surface area contributed by atoms with Gasteiger partial charge in [0, 0.05) is 11.6 Å². The zero-order valence-electron chi connectivity index (χ0n) is 9.64. The molecule has 4 N–H and O–H groups in total. The van der Waals surface area contributed by atoms with Gasteiger partial charge in [0.25, 0.3) is 5.69 Å². The lowest BCUT2D eigenvalue weighted by molar-refractivity contribution is -0.384. The van der Waals surface area contributed by atoms with Crippen LogP contribution in [0.3, 0.4) is 0 Å². The summed E-state index contributed by atoms with van der Waals surface area (Å²) in [5, 5.41) is 29.4. The van der Waals surface area contributed by atoms with E-state index in [1.807, 2.05) is 0 Å². The minimum atomic E-state index is -1.46. The third-order valence-corrected chi connectivity index (χ3v) is 2.33. The molecule has 0 unspecified atom stereocenters. The number of nitrogens with two attached hydrogens (primary N) is 1. The van der Waals surface area contributed by atoms with Crippen LogP contribution < -0.4 is 5.73 Å². The monoisotopic (exact) mass is 252 g/mol. The number of nitro groups is 1. The second-order valence-corrected chi connectivity index (χ2v) is 3.88. The summed E-state index contributed by atoms with van der Waals surface area (Å²) < 4.78 is 0. The van der Waals surface area contributed by atoms with Crippen LogP contribution in [0.5, 0.6) is 5.75 Å². The molecule has 0 radical (unpaired) electrons. The predicted octanol–water partition coefficient (Wildman–Crippen LogP) is 1.70. The molecule has 0 atom stereocenters. The van der Waals surface area contributed by atoms with E-state index in [4.69, 9.17) is 10.8 Å². The molecule has 0 bridgehead atoms. The molecule has 7 heteroatoms. The highest BCUT2D eigenvalue weighted by Crippen LogP contribution is 2.36. The lowest BCUT2D eigenvalue weighted by atomic mass is 9.99. The Morgan fingerprint density at radius 1 is 1.61 bits per heavy atom. The van der Waals surface area contributed by atoms with Gasteiger partial charge in [-0.3, -0.25) is 10.1 Å². The quantitative estimate of drug-likeness (QED) is 0.324. The van der Waals surface area contributed by atoms with Gasteiger partial charge in [-0.15, -0.1) is 0 Å². The minimum Gasteiger partial charge on any atom is -0.507 e. The second kappa shape index (κ2) is 4.74. The number of phenols is 1. The summed E-state index contributed by atoms with van der Waals surface area (Å²) in [5.74, 6) is -2.02. The highest BCUT2D eigenvalue weighted by molar-refractivity contribution is 5.94. The molecular weight excluding hydrogens is 240 g/mol. The number of rotatable bonds is 4. The van der Waals surface area contributed by atoms with Crippen molar-refractivity contribution in [3.63, 3.8) is 0 Å². The molecule has 0 aromatic heterocycles. The van der Waals surface area contributed by atoms with E-state index >= 15 is 0 Å². The van der Waals surface area contributed by atoms with E-state index in [0.29, 0.717) is 5.57 Å². The first-order valence-electron chi connectivity index (χ1n) is 4.92. The van der Waals surface area contributed by atoms with Crippen LogP contribution in [0, 0.1) is 10.1 Å². The Balaban J connectivity index is 3.61. The van der Waals surface area contributed by atoms with Crippen LogP contribution in [-0.2, 0) is 6.42 Å². The van der Waals surface area contributed by atoms with E-state index in [0.717, 1.165) is 6.07 Å². The number of aromatic carboxylic acids is 1. The van der Waals surface area contributed by atoms with Crippen molar-refractivity contribution in [2.24, 2.45) is 0 Å². The molecule has 0 saturated carbocycles. The molecule has 0 spiro atoms. The van der Waals surface area contributed by atoms with Crippen molar-refractivity contribution in [1.82, 2.24) is 0 Å². The van der Waals surface area contributed by atoms with Crippen molar-refractivity contribution >= 4 is 17.3 Å². The number of hydrogen-bond acceptors (Lipinski definition) is 5. The van der Waals surface area contributed by atoms with Crippen LogP contribution in [0.25, 0.3) is 0 Å². The van der Waals surface area contributed by atoms with Gasteiger partial charge in [0.05, 0.1) is 4.92 Å². The van der Waals surface area contributed by atoms with E-state index < -0.39 is 27.9 Å². The molecule has 0 aliphatic heterocycles. The number of nitrogens with zero attached hydrogens (tertiary/aromatic N) is 1. The van der Waals surface area contributed by atoms with E-state index in [1.54, 1.807) is 6.92 Å². The molecular formula is C11H12N2O5. The molecule has 0 aliphatic carbocycles. The fraction of sp³-hybridized carbons (Fsp3) is 0.182. The van der Waals surface area contributed by atoms with Gasteiger partial charge in [-0.1, -0.05) is 12.2 Å². The topological polar surface area (TPSA) is 127 Å². The van der Waals surface area contributed by atoms with E-state index in [-0.39, 0.29) is 17.7 Å². The fourth-order valence-corrected chi connectivity index (χ4v) is 1.52. The lowest BCUT2D eigenvalue weighted by Crippen LogP contribution is -2.07. The third kappa shape index (κ3) is 2.40. The number of nitrogen functional groups attached to an aromatic ring is 1. The Labute approximate surface area is 102 Å². The standard InChI is InChI=1S/C11H12N2O5/c1-5(2)3-6-9(12)8(13(17)18)4-7(10(6)14)11(15)16/h4,14H,1,3,12H2,2H3,(H,15,16). The van der Waals surface area contributed by atoms with Gasteiger partial charge in [-0.05, 0) is 13.3 Å². The Bertz CT molecular complexity index is 513.